The number of amides is 1. The molecule has 2 aliphatic heterocycles. The molecule has 12 nitrogen and oxygen atoms in total. The van der Waals surface area contributed by atoms with E-state index in [1.165, 1.54) is 37.0 Å². The van der Waals surface area contributed by atoms with Crippen molar-refractivity contribution in [3.8, 4) is 16.9 Å². The lowest BCUT2D eigenvalue weighted by Gasteiger charge is -2.38. The maximum atomic E-state index is 14.3. The quantitative estimate of drug-likeness (QED) is 0.310. The molecule has 3 N–H and O–H groups in total. The van der Waals surface area contributed by atoms with E-state index in [0.717, 1.165) is 12.8 Å². The van der Waals surface area contributed by atoms with Gasteiger partial charge in [-0.2, -0.15) is 14.7 Å². The van der Waals surface area contributed by atoms with Gasteiger partial charge in [0, 0.05) is 46.8 Å². The number of aromatic amines is 1. The van der Waals surface area contributed by atoms with Crippen LogP contribution in [-0.4, -0.2) is 70.5 Å². The van der Waals surface area contributed by atoms with Gasteiger partial charge in [0.05, 0.1) is 24.6 Å². The number of methoxy groups -OCH3 is 1. The van der Waals surface area contributed by atoms with Crippen molar-refractivity contribution in [3.63, 3.8) is 0 Å². The molecule has 6 heterocycles. The largest absolute Gasteiger partial charge is 0.494 e. The fourth-order valence-corrected chi connectivity index (χ4v) is 6.54. The van der Waals surface area contributed by atoms with Gasteiger partial charge in [0.15, 0.2) is 11.4 Å². The van der Waals surface area contributed by atoms with Crippen LogP contribution in [0.15, 0.2) is 36.9 Å². The molecule has 2 bridgehead atoms. The Morgan fingerprint density at radius 3 is 2.59 bits per heavy atom. The van der Waals surface area contributed by atoms with E-state index in [-0.39, 0.29) is 41.3 Å². The molecular formula is C28H26FN9O3. The summed E-state index contributed by atoms with van der Waals surface area (Å²) in [4.78, 5) is 41.5. The Morgan fingerprint density at radius 1 is 1.12 bits per heavy atom. The highest BCUT2D eigenvalue weighted by atomic mass is 19.1. The minimum absolute atomic E-state index is 0.0191. The van der Waals surface area contributed by atoms with Crippen molar-refractivity contribution in [1.29, 1.82) is 0 Å². The molecular weight excluding hydrogens is 529 g/mol. The molecule has 2 aliphatic rings. The summed E-state index contributed by atoms with van der Waals surface area (Å²) >= 11 is 0. The van der Waals surface area contributed by atoms with Gasteiger partial charge in [0.1, 0.15) is 29.2 Å². The lowest BCUT2D eigenvalue weighted by atomic mass is 9.85. The lowest BCUT2D eigenvalue weighted by molar-refractivity contribution is 0.0556. The Labute approximate surface area is 232 Å². The van der Waals surface area contributed by atoms with E-state index in [4.69, 9.17) is 15.5 Å². The maximum Gasteiger partial charge on any atom is 0.291 e. The molecule has 0 saturated carbocycles. The molecule has 41 heavy (non-hydrogen) atoms. The summed E-state index contributed by atoms with van der Waals surface area (Å²) in [7, 11) is 1.47. The second-order valence-corrected chi connectivity index (χ2v) is 10.6. The number of pyridine rings is 1. The Bertz CT molecular complexity index is 1840. The van der Waals surface area contributed by atoms with Gasteiger partial charge in [-0.3, -0.25) is 19.7 Å². The van der Waals surface area contributed by atoms with Gasteiger partial charge >= 0.3 is 0 Å². The number of halogens is 1. The molecule has 5 aromatic rings. The van der Waals surface area contributed by atoms with Crippen LogP contribution in [0.3, 0.4) is 0 Å². The van der Waals surface area contributed by atoms with Crippen molar-refractivity contribution in [3.05, 3.63) is 59.8 Å². The third-order valence-electron chi connectivity index (χ3n) is 8.28. The van der Waals surface area contributed by atoms with Gasteiger partial charge < -0.3 is 15.4 Å². The van der Waals surface area contributed by atoms with Crippen molar-refractivity contribution in [2.24, 2.45) is 0 Å². The summed E-state index contributed by atoms with van der Waals surface area (Å²) in [5, 5.41) is 11.5. The van der Waals surface area contributed by atoms with Crippen LogP contribution in [0.1, 0.15) is 65.2 Å². The topological polar surface area (TPSA) is 157 Å². The van der Waals surface area contributed by atoms with E-state index >= 15 is 0 Å². The van der Waals surface area contributed by atoms with E-state index in [1.54, 1.807) is 18.5 Å². The van der Waals surface area contributed by atoms with Crippen LogP contribution in [-0.2, 0) is 0 Å². The molecule has 0 radical (unpaired) electrons. The van der Waals surface area contributed by atoms with E-state index in [2.05, 4.69) is 25.3 Å². The minimum Gasteiger partial charge on any atom is -0.494 e. The Kier molecular flexibility index (Phi) is 5.70. The average Bonchev–Trinajstić information content (AvgIpc) is 3.70. The van der Waals surface area contributed by atoms with Crippen LogP contribution >= 0.6 is 0 Å². The van der Waals surface area contributed by atoms with Crippen LogP contribution in [0, 0.1) is 5.82 Å². The van der Waals surface area contributed by atoms with Crippen LogP contribution < -0.4 is 10.5 Å². The number of ether oxygens (including phenoxy) is 1. The highest BCUT2D eigenvalue weighted by Gasteiger charge is 2.45. The first-order chi connectivity index (χ1) is 19.8. The van der Waals surface area contributed by atoms with E-state index < -0.39 is 5.82 Å². The summed E-state index contributed by atoms with van der Waals surface area (Å²) in [5.41, 5.74) is 9.83. The molecule has 208 valence electrons. The average molecular weight is 556 g/mol. The van der Waals surface area contributed by atoms with Crippen molar-refractivity contribution in [2.75, 3.05) is 12.8 Å². The number of hydrogen-bond donors (Lipinski definition) is 2. The standard InChI is InChI=1S/C28H26FN9O3/c1-13(39)22-24(15-7-18-3-4-19(8-15)37(18)28(40)26-32-12-33-36-26)35-27-20(11-34-38(27)25(22)30)16-5-14-6-17(29)9-21(41-2)23(14)31-10-16/h5-6,9-12,15,18-19H,3-4,7-8,30H2,1-2H3,(H,32,33,36)/t15?,18-,19+. The first-order valence-electron chi connectivity index (χ1n) is 13.3. The second-order valence-electron chi connectivity index (χ2n) is 10.6. The third kappa shape index (κ3) is 3.90. The molecule has 1 unspecified atom stereocenters. The Morgan fingerprint density at radius 2 is 1.90 bits per heavy atom. The molecule has 1 amide bonds. The van der Waals surface area contributed by atoms with E-state index in [9.17, 15) is 14.0 Å². The molecule has 7 rings (SSSR count). The van der Waals surface area contributed by atoms with Crippen molar-refractivity contribution >= 4 is 34.1 Å². The number of hydrogen-bond acceptors (Lipinski definition) is 9. The zero-order valence-electron chi connectivity index (χ0n) is 22.3. The van der Waals surface area contributed by atoms with Gasteiger partial charge in [-0.05, 0) is 44.7 Å². The summed E-state index contributed by atoms with van der Waals surface area (Å²) in [6.07, 6.45) is 7.59. The zero-order valence-corrected chi connectivity index (χ0v) is 22.3. The summed E-state index contributed by atoms with van der Waals surface area (Å²) in [6.45, 7) is 1.47. The number of Topliss-reactive ketones (excluding diaryl/α,β-unsaturated/α-hetero) is 1. The van der Waals surface area contributed by atoms with Gasteiger partial charge in [0.2, 0.25) is 5.82 Å². The van der Waals surface area contributed by atoms with Crippen LogP contribution in [0.5, 0.6) is 5.75 Å². The molecule has 4 aromatic heterocycles. The van der Waals surface area contributed by atoms with Crippen LogP contribution in [0.4, 0.5) is 10.2 Å². The Hall–Kier alpha value is -4.94. The molecule has 2 saturated heterocycles. The number of fused-ring (bicyclic) bond motifs is 4. The molecule has 3 atom stereocenters. The second kappa shape index (κ2) is 9.32. The maximum absolute atomic E-state index is 14.3. The molecule has 13 heteroatoms. The highest BCUT2D eigenvalue weighted by Crippen LogP contribution is 2.45. The number of H-pyrrole nitrogens is 1. The van der Waals surface area contributed by atoms with Crippen molar-refractivity contribution in [2.45, 2.75) is 50.6 Å². The van der Waals surface area contributed by atoms with Crippen LogP contribution in [0.2, 0.25) is 0 Å². The van der Waals surface area contributed by atoms with Gasteiger partial charge in [-0.1, -0.05) is 0 Å². The van der Waals surface area contributed by atoms with Crippen LogP contribution in [0.25, 0.3) is 27.7 Å². The first-order valence-corrected chi connectivity index (χ1v) is 13.3. The number of anilines is 1. The number of ketones is 1. The third-order valence-corrected chi connectivity index (χ3v) is 8.28. The van der Waals surface area contributed by atoms with Gasteiger partial charge in [-0.25, -0.2) is 14.4 Å². The zero-order chi connectivity index (χ0) is 28.4. The highest BCUT2D eigenvalue weighted by molar-refractivity contribution is 6.00. The number of aromatic nitrogens is 7. The predicted molar refractivity (Wildman–Crippen MR) is 146 cm³/mol. The fourth-order valence-electron chi connectivity index (χ4n) is 6.54. The molecule has 2 fully saturated rings. The van der Waals surface area contributed by atoms with Crippen molar-refractivity contribution < 1.29 is 18.7 Å². The smallest absolute Gasteiger partial charge is 0.291 e. The lowest BCUT2D eigenvalue weighted by Crippen LogP contribution is -2.46. The molecule has 1 aromatic carbocycles. The van der Waals surface area contributed by atoms with Gasteiger partial charge in [0.25, 0.3) is 5.91 Å². The fraction of sp³-hybridized carbons (Fsp3) is 0.321. The predicted octanol–water partition coefficient (Wildman–Crippen LogP) is 3.55. The SMILES string of the molecule is COc1cc(F)cc2cc(-c3cnn4c(N)c(C(C)=O)c(C5C[C@H]6CC[C@@H](C5)N6C(=O)c5ncn[nH]5)nc34)cnc12. The number of nitrogens with two attached hydrogens (primary N) is 1. The first kappa shape index (κ1) is 25.1. The monoisotopic (exact) mass is 555 g/mol. The molecule has 0 aliphatic carbocycles. The Balaban J connectivity index is 1.31. The number of piperidine rings is 1. The minimum atomic E-state index is -0.438. The summed E-state index contributed by atoms with van der Waals surface area (Å²) < 4.78 is 21.0. The normalized spacial score (nSPS) is 20.2. The number of rotatable bonds is 5. The summed E-state index contributed by atoms with van der Waals surface area (Å²) in [6, 6.07) is 4.45. The van der Waals surface area contributed by atoms with E-state index in [0.29, 0.717) is 57.5 Å². The number of nitrogen functional groups attached to an aromatic ring is 1. The number of benzene rings is 1. The van der Waals surface area contributed by atoms with E-state index in [1.807, 2.05) is 4.90 Å². The van der Waals surface area contributed by atoms with Gasteiger partial charge in [-0.15, -0.1) is 0 Å². The number of carbonyl (C=O) groups excluding carboxylic acids is 2. The number of nitrogens with zero attached hydrogens (tertiary/aromatic N) is 7. The number of carbonyl (C=O) groups is 2. The number of nitrogens with one attached hydrogen (secondary N) is 1. The molecule has 0 spiro atoms. The summed E-state index contributed by atoms with van der Waals surface area (Å²) in [5.74, 6) is -0.133. The van der Waals surface area contributed by atoms with Crippen molar-refractivity contribution in [1.82, 2.24) is 39.7 Å².